The summed E-state index contributed by atoms with van der Waals surface area (Å²) in [6.45, 7) is 1.19. The Morgan fingerprint density at radius 3 is 1.43 bits per heavy atom. The first-order chi connectivity index (χ1) is 8.63. The molecule has 0 spiro atoms. The van der Waals surface area contributed by atoms with Crippen LogP contribution >= 0.6 is 0 Å². The summed E-state index contributed by atoms with van der Waals surface area (Å²) in [6, 6.07) is 5.81. The Kier molecular flexibility index (Phi) is 42.3. The van der Waals surface area contributed by atoms with E-state index in [1.807, 2.05) is 0 Å². The van der Waals surface area contributed by atoms with Crippen molar-refractivity contribution in [3.8, 4) is 5.75 Å². The van der Waals surface area contributed by atoms with E-state index < -0.39 is 16.4 Å². The standard InChI is InChI=1S/C7H6O3.C2H8N2.4Na.H2O4S.4H/c8-6-4-2-1-3-5(6)7(9)10;3-1-2-4;;;;;1-5(2,3)4;;;;/h1-4,8H,(H,9,10);1-4H2;;;;;(H2,1,2,3,4);;;;. The van der Waals surface area contributed by atoms with Gasteiger partial charge < -0.3 is 21.7 Å². The summed E-state index contributed by atoms with van der Waals surface area (Å²) < 4.78 is 31.6. The summed E-state index contributed by atoms with van der Waals surface area (Å²) in [7, 11) is -4.67. The number of hydrogen-bond donors (Lipinski definition) is 6. The SMILES string of the molecule is NCCN.O=C(O)c1ccccc1O.O=S(=O)(O)O.[NaH].[NaH].[NaH].[NaH]. The van der Waals surface area contributed by atoms with Crippen LogP contribution in [0.5, 0.6) is 5.75 Å². The second-order valence-corrected chi connectivity index (χ2v) is 3.74. The second kappa shape index (κ2) is 24.3. The first kappa shape index (κ1) is 40.1. The molecule has 0 heterocycles. The van der Waals surface area contributed by atoms with E-state index in [1.165, 1.54) is 12.1 Å². The molecule has 0 unspecified atom stereocenters. The Hall–Kier alpha value is 2.28. The molecule has 1 rings (SSSR count). The van der Waals surface area contributed by atoms with Gasteiger partial charge in [0.05, 0.1) is 0 Å². The predicted octanol–water partition coefficient (Wildman–Crippen LogP) is -3.25. The Morgan fingerprint density at radius 2 is 1.26 bits per heavy atom. The van der Waals surface area contributed by atoms with Crippen molar-refractivity contribution in [2.45, 2.75) is 0 Å². The number of phenols is 1. The summed E-state index contributed by atoms with van der Waals surface area (Å²) in [6.07, 6.45) is 0. The number of rotatable bonds is 2. The number of aromatic hydroxyl groups is 1. The van der Waals surface area contributed by atoms with Crippen molar-refractivity contribution in [2.24, 2.45) is 11.5 Å². The van der Waals surface area contributed by atoms with Crippen molar-refractivity contribution >= 4 is 135 Å². The van der Waals surface area contributed by atoms with Gasteiger partial charge in [0.1, 0.15) is 11.3 Å². The number of hydrogen-bond acceptors (Lipinski definition) is 6. The van der Waals surface area contributed by atoms with Gasteiger partial charge in [-0.05, 0) is 12.1 Å². The van der Waals surface area contributed by atoms with E-state index in [-0.39, 0.29) is 130 Å². The molecule has 118 valence electrons. The van der Waals surface area contributed by atoms with Crippen LogP contribution in [0.2, 0.25) is 0 Å². The average molecular weight is 392 g/mol. The van der Waals surface area contributed by atoms with Crippen molar-refractivity contribution in [1.29, 1.82) is 0 Å². The van der Waals surface area contributed by atoms with Gasteiger partial charge in [0.25, 0.3) is 0 Å². The van der Waals surface area contributed by atoms with Gasteiger partial charge in [0, 0.05) is 13.1 Å². The monoisotopic (exact) mass is 392 g/mol. The summed E-state index contributed by atoms with van der Waals surface area (Å²) in [4.78, 5) is 10.3. The molecule has 0 atom stereocenters. The van der Waals surface area contributed by atoms with Gasteiger partial charge in [-0.15, -0.1) is 0 Å². The third-order valence-electron chi connectivity index (χ3n) is 1.30. The fourth-order valence-electron chi connectivity index (χ4n) is 0.654. The molecule has 9 nitrogen and oxygen atoms in total. The second-order valence-electron chi connectivity index (χ2n) is 2.85. The van der Waals surface area contributed by atoms with E-state index in [0.717, 1.165) is 0 Å². The van der Waals surface area contributed by atoms with Crippen molar-refractivity contribution in [2.75, 3.05) is 13.1 Å². The Balaban J connectivity index is -0.0000000488. The van der Waals surface area contributed by atoms with E-state index in [4.69, 9.17) is 39.2 Å². The molecule has 1 aromatic rings. The molecule has 0 aliphatic heterocycles. The zero-order valence-corrected chi connectivity index (χ0v) is 10.6. The number of carboxylic acid groups (broad SMARTS) is 1. The van der Waals surface area contributed by atoms with Gasteiger partial charge in [-0.25, -0.2) is 4.79 Å². The molecule has 0 amide bonds. The third-order valence-corrected chi connectivity index (χ3v) is 1.30. The van der Waals surface area contributed by atoms with Crippen LogP contribution < -0.4 is 11.5 Å². The topological polar surface area (TPSA) is 184 Å². The van der Waals surface area contributed by atoms with Gasteiger partial charge in [-0.1, -0.05) is 12.1 Å². The Labute approximate surface area is 223 Å². The molecular weight excluding hydrogens is 372 g/mol. The first-order valence-corrected chi connectivity index (χ1v) is 6.14. The molecule has 0 aromatic heterocycles. The quantitative estimate of drug-likeness (QED) is 0.222. The third kappa shape index (κ3) is 36.1. The minimum atomic E-state index is -4.67. The fraction of sp³-hybridized carbons (Fsp3) is 0.222. The van der Waals surface area contributed by atoms with Crippen LogP contribution in [0, 0.1) is 0 Å². The molecule has 8 N–H and O–H groups in total. The average Bonchev–Trinajstić information content (AvgIpc) is 2.27. The van der Waals surface area contributed by atoms with Gasteiger partial charge >= 0.3 is 135 Å². The molecule has 0 aliphatic rings. The number of aromatic carboxylic acids is 1. The van der Waals surface area contributed by atoms with Gasteiger partial charge in [0.2, 0.25) is 0 Å². The normalized spacial score (nSPS) is 7.83. The molecule has 0 radical (unpaired) electrons. The van der Waals surface area contributed by atoms with E-state index in [0.29, 0.717) is 13.1 Å². The van der Waals surface area contributed by atoms with E-state index in [2.05, 4.69) is 0 Å². The Bertz CT molecular complexity index is 481. The summed E-state index contributed by atoms with van der Waals surface area (Å²) in [5, 5.41) is 17.3. The molecule has 23 heavy (non-hydrogen) atoms. The number of carbonyl (C=O) groups is 1. The van der Waals surface area contributed by atoms with Crippen molar-refractivity contribution in [3.63, 3.8) is 0 Å². The summed E-state index contributed by atoms with van der Waals surface area (Å²) >= 11 is 0. The van der Waals surface area contributed by atoms with E-state index in [9.17, 15) is 4.79 Å². The maximum absolute atomic E-state index is 10.3. The molecule has 14 heteroatoms. The molecule has 1 aromatic carbocycles. The van der Waals surface area contributed by atoms with E-state index >= 15 is 0 Å². The summed E-state index contributed by atoms with van der Waals surface area (Å²) in [5.74, 6) is -1.31. The number of carboxylic acids is 1. The van der Waals surface area contributed by atoms with Crippen LogP contribution in [-0.4, -0.2) is 165 Å². The van der Waals surface area contributed by atoms with Crippen molar-refractivity contribution < 1.29 is 32.5 Å². The van der Waals surface area contributed by atoms with Crippen LogP contribution in [0.15, 0.2) is 24.3 Å². The first-order valence-electron chi connectivity index (χ1n) is 4.74. The van der Waals surface area contributed by atoms with Crippen molar-refractivity contribution in [3.05, 3.63) is 29.8 Å². The fourth-order valence-corrected chi connectivity index (χ4v) is 0.654. The van der Waals surface area contributed by atoms with Gasteiger partial charge in [-0.2, -0.15) is 8.42 Å². The Morgan fingerprint density at radius 1 is 0.957 bits per heavy atom. The molecule has 0 bridgehead atoms. The summed E-state index contributed by atoms with van der Waals surface area (Å²) in [5.41, 5.74) is 9.74. The van der Waals surface area contributed by atoms with Crippen LogP contribution in [0.1, 0.15) is 10.4 Å². The zero-order valence-electron chi connectivity index (χ0n) is 9.80. The minimum absolute atomic E-state index is 0. The van der Waals surface area contributed by atoms with Gasteiger partial charge in [0.15, 0.2) is 0 Å². The molecule has 0 saturated heterocycles. The van der Waals surface area contributed by atoms with Crippen molar-refractivity contribution in [1.82, 2.24) is 0 Å². The molecule has 0 aliphatic carbocycles. The van der Waals surface area contributed by atoms with Gasteiger partial charge in [-0.3, -0.25) is 9.11 Å². The number of nitrogens with two attached hydrogens (primary N) is 2. The number of para-hydroxylation sites is 1. The molecule has 0 saturated carbocycles. The maximum atomic E-state index is 10.3. The predicted molar refractivity (Wildman–Crippen MR) is 95.9 cm³/mol. The van der Waals surface area contributed by atoms with Crippen LogP contribution in [0.4, 0.5) is 0 Å². The zero-order chi connectivity index (χ0) is 15.5. The van der Waals surface area contributed by atoms with Crippen LogP contribution in [0.3, 0.4) is 0 Å². The number of benzene rings is 1. The van der Waals surface area contributed by atoms with E-state index in [1.54, 1.807) is 12.1 Å². The molecular formula is C9H20N2Na4O7S. The van der Waals surface area contributed by atoms with Crippen LogP contribution in [0.25, 0.3) is 0 Å². The molecule has 0 fully saturated rings. The van der Waals surface area contributed by atoms with Crippen LogP contribution in [-0.2, 0) is 10.4 Å².